The SMILES string of the molecule is CB1Oc2ccccc2C2=N/C(=C\c3[nH]c(cc3-c3cc4ccccc4s3)-c3ccccc3O1)C(c1cc3ccccc3s1)=C2. The van der Waals surface area contributed by atoms with E-state index in [1.54, 1.807) is 22.7 Å². The highest BCUT2D eigenvalue weighted by atomic mass is 32.1. The third-order valence-corrected chi connectivity index (χ3v) is 10.5. The summed E-state index contributed by atoms with van der Waals surface area (Å²) in [5, 5.41) is 2.47. The number of thiophene rings is 2. The molecule has 4 aromatic carbocycles. The molecule has 9 rings (SSSR count). The van der Waals surface area contributed by atoms with Crippen molar-refractivity contribution >= 4 is 67.3 Å². The van der Waals surface area contributed by atoms with E-state index in [2.05, 4.69) is 96.0 Å². The summed E-state index contributed by atoms with van der Waals surface area (Å²) in [5.41, 5.74) is 7.89. The first-order valence-electron chi connectivity index (χ1n) is 14.9. The summed E-state index contributed by atoms with van der Waals surface area (Å²) in [6, 6.07) is 40.1. The Balaban J connectivity index is 1.31. The molecule has 0 saturated heterocycles. The van der Waals surface area contributed by atoms with Crippen molar-refractivity contribution < 1.29 is 9.31 Å². The fourth-order valence-corrected chi connectivity index (χ4v) is 8.31. The first kappa shape index (κ1) is 26.3. The Bertz CT molecular complexity index is 2310. The van der Waals surface area contributed by atoms with E-state index in [-0.39, 0.29) is 0 Å². The van der Waals surface area contributed by atoms with Crippen LogP contribution in [-0.4, -0.2) is 17.8 Å². The van der Waals surface area contributed by atoms with Crippen LogP contribution in [0.3, 0.4) is 0 Å². The zero-order valence-electron chi connectivity index (χ0n) is 24.3. The lowest BCUT2D eigenvalue weighted by molar-refractivity contribution is 0.431. The zero-order chi connectivity index (χ0) is 29.9. The van der Waals surface area contributed by atoms with Gasteiger partial charge in [-0.2, -0.15) is 0 Å². The molecule has 0 atom stereocenters. The number of allylic oxidation sites excluding steroid dienone is 2. The molecule has 45 heavy (non-hydrogen) atoms. The molecular weight excluding hydrogens is 591 g/mol. The molecule has 5 heterocycles. The van der Waals surface area contributed by atoms with E-state index in [0.717, 1.165) is 56.6 Å². The van der Waals surface area contributed by atoms with Crippen LogP contribution in [-0.2, 0) is 0 Å². The second-order valence-electron chi connectivity index (χ2n) is 11.2. The zero-order valence-corrected chi connectivity index (χ0v) is 25.9. The van der Waals surface area contributed by atoms with E-state index in [0.29, 0.717) is 0 Å². The van der Waals surface area contributed by atoms with Gasteiger partial charge >= 0.3 is 7.12 Å². The topological polar surface area (TPSA) is 46.6 Å². The van der Waals surface area contributed by atoms with Gasteiger partial charge in [-0.1, -0.05) is 60.7 Å². The molecule has 0 radical (unpaired) electrons. The van der Waals surface area contributed by atoms with E-state index in [4.69, 9.17) is 14.3 Å². The van der Waals surface area contributed by atoms with Gasteiger partial charge in [-0.3, -0.25) is 0 Å². The van der Waals surface area contributed by atoms with Crippen LogP contribution in [0, 0.1) is 0 Å². The quantitative estimate of drug-likeness (QED) is 0.197. The van der Waals surface area contributed by atoms with Crippen LogP contribution in [0.5, 0.6) is 11.5 Å². The molecule has 2 aliphatic rings. The average molecular weight is 617 g/mol. The van der Waals surface area contributed by atoms with Crippen molar-refractivity contribution in [2.75, 3.05) is 0 Å². The Labute approximate surface area is 268 Å². The van der Waals surface area contributed by atoms with Crippen LogP contribution in [0.15, 0.2) is 132 Å². The Kier molecular flexibility index (Phi) is 6.15. The van der Waals surface area contributed by atoms with Crippen LogP contribution in [0.25, 0.3) is 53.5 Å². The van der Waals surface area contributed by atoms with Gasteiger partial charge in [0.25, 0.3) is 0 Å². The Hall–Kier alpha value is -5.11. The Morgan fingerprint density at radius 1 is 0.622 bits per heavy atom. The van der Waals surface area contributed by atoms with Gasteiger partial charge in [-0.25, -0.2) is 4.99 Å². The average Bonchev–Trinajstić information content (AvgIpc) is 3.85. The molecule has 4 nitrogen and oxygen atoms in total. The van der Waals surface area contributed by atoms with Crippen molar-refractivity contribution in [2.24, 2.45) is 4.99 Å². The predicted octanol–water partition coefficient (Wildman–Crippen LogP) is 10.6. The van der Waals surface area contributed by atoms with Crippen molar-refractivity contribution in [2.45, 2.75) is 6.82 Å². The summed E-state index contributed by atoms with van der Waals surface area (Å²) >= 11 is 3.60. The second-order valence-corrected chi connectivity index (χ2v) is 13.4. The maximum atomic E-state index is 6.45. The number of aromatic nitrogens is 1. The van der Waals surface area contributed by atoms with Crippen LogP contribution in [0.1, 0.15) is 16.1 Å². The van der Waals surface area contributed by atoms with Gasteiger partial charge in [0.1, 0.15) is 11.5 Å². The third kappa shape index (κ3) is 4.63. The number of aliphatic imine (C=N–C) groups is 1. The van der Waals surface area contributed by atoms with Gasteiger partial charge < -0.3 is 14.3 Å². The second kappa shape index (κ2) is 10.5. The highest BCUT2D eigenvalue weighted by Crippen LogP contribution is 2.43. The number of nitrogens with one attached hydrogen (secondary N) is 1. The third-order valence-electron chi connectivity index (χ3n) is 8.24. The number of fused-ring (bicyclic) bond motifs is 9. The van der Waals surface area contributed by atoms with E-state index in [9.17, 15) is 0 Å². The van der Waals surface area contributed by atoms with Crippen LogP contribution >= 0.6 is 22.7 Å². The first-order chi connectivity index (χ1) is 22.2. The highest BCUT2D eigenvalue weighted by molar-refractivity contribution is 7.22. The maximum absolute atomic E-state index is 6.45. The van der Waals surface area contributed by atoms with E-state index >= 15 is 0 Å². The number of H-pyrrole nitrogens is 1. The largest absolute Gasteiger partial charge is 0.591 e. The molecule has 0 fully saturated rings. The van der Waals surface area contributed by atoms with Gasteiger partial charge in [0.15, 0.2) is 0 Å². The standard InChI is InChI=1S/C38H25BN2O2S2/c1-39-42-33-14-6-4-12-25(33)29-20-27(37-18-23-10-2-8-16-35(23)44-37)31(40-29)22-32-28(38-19-24-11-3-9-17-36(24)45-38)21-30(41-32)26-13-5-7-15-34(26)43-39/h2-22,40H,1H3/b32-22-. The van der Waals surface area contributed by atoms with Crippen molar-refractivity contribution in [1.82, 2.24) is 4.98 Å². The van der Waals surface area contributed by atoms with Crippen LogP contribution in [0.4, 0.5) is 0 Å². The molecule has 4 bridgehead atoms. The molecule has 0 amide bonds. The summed E-state index contributed by atoms with van der Waals surface area (Å²) in [4.78, 5) is 11.4. The number of nitrogens with zero attached hydrogens (tertiary/aromatic N) is 1. The smallest absolute Gasteiger partial charge is 0.525 e. The van der Waals surface area contributed by atoms with Crippen molar-refractivity contribution in [3.05, 3.63) is 143 Å². The summed E-state index contributed by atoms with van der Waals surface area (Å²) in [6.45, 7) is 1.93. The van der Waals surface area contributed by atoms with Gasteiger partial charge in [-0.15, -0.1) is 22.7 Å². The molecule has 3 aromatic heterocycles. The molecular formula is C38H25BN2O2S2. The van der Waals surface area contributed by atoms with Crippen molar-refractivity contribution in [3.8, 4) is 33.2 Å². The molecule has 1 N–H and O–H groups in total. The Morgan fingerprint density at radius 3 is 1.96 bits per heavy atom. The highest BCUT2D eigenvalue weighted by Gasteiger charge is 2.26. The van der Waals surface area contributed by atoms with Crippen molar-refractivity contribution in [1.29, 1.82) is 0 Å². The number of hydrogen-bond donors (Lipinski definition) is 1. The normalized spacial score (nSPS) is 15.3. The minimum absolute atomic E-state index is 0.533. The van der Waals surface area contributed by atoms with Gasteiger partial charge in [0.05, 0.1) is 17.1 Å². The predicted molar refractivity (Wildman–Crippen MR) is 191 cm³/mol. The van der Waals surface area contributed by atoms with Gasteiger partial charge in [0, 0.05) is 47.1 Å². The molecule has 7 aromatic rings. The lowest BCUT2D eigenvalue weighted by Gasteiger charge is -2.17. The summed E-state index contributed by atoms with van der Waals surface area (Å²) < 4.78 is 15.4. The first-order valence-corrected chi connectivity index (χ1v) is 16.5. The van der Waals surface area contributed by atoms with Gasteiger partial charge in [-0.05, 0) is 84.3 Å². The fourth-order valence-electron chi connectivity index (χ4n) is 6.13. The number of aromatic amines is 1. The molecule has 7 heteroatoms. The monoisotopic (exact) mass is 616 g/mol. The molecule has 0 saturated carbocycles. The minimum Gasteiger partial charge on any atom is -0.525 e. The van der Waals surface area contributed by atoms with Gasteiger partial charge in [0.2, 0.25) is 0 Å². The van der Waals surface area contributed by atoms with Crippen molar-refractivity contribution in [3.63, 3.8) is 0 Å². The molecule has 2 aliphatic heterocycles. The molecule has 0 unspecified atom stereocenters. The van der Waals surface area contributed by atoms with E-state index in [1.807, 2.05) is 43.2 Å². The Morgan fingerprint density at radius 2 is 1.22 bits per heavy atom. The number of para-hydroxylation sites is 2. The lowest BCUT2D eigenvalue weighted by atomic mass is 9.93. The van der Waals surface area contributed by atoms with Crippen LogP contribution < -0.4 is 9.31 Å². The molecule has 0 spiro atoms. The van der Waals surface area contributed by atoms with Crippen LogP contribution in [0.2, 0.25) is 6.82 Å². The minimum atomic E-state index is -0.533. The van der Waals surface area contributed by atoms with E-state index < -0.39 is 7.12 Å². The van der Waals surface area contributed by atoms with E-state index in [1.165, 1.54) is 29.9 Å². The number of benzene rings is 4. The molecule has 214 valence electrons. The number of rotatable bonds is 2. The maximum Gasteiger partial charge on any atom is 0.591 e. The number of hydrogen-bond acceptors (Lipinski definition) is 5. The fraction of sp³-hybridized carbons (Fsp3) is 0.0263. The summed E-state index contributed by atoms with van der Waals surface area (Å²) in [6.07, 6.45) is 4.40. The summed E-state index contributed by atoms with van der Waals surface area (Å²) in [5.74, 6) is 1.49. The molecule has 0 aliphatic carbocycles. The lowest BCUT2D eigenvalue weighted by Crippen LogP contribution is -2.26. The summed E-state index contributed by atoms with van der Waals surface area (Å²) in [7, 11) is -0.533.